The van der Waals surface area contributed by atoms with Gasteiger partial charge in [-0.3, -0.25) is 0 Å². The highest BCUT2D eigenvalue weighted by atomic mass is 127. The van der Waals surface area contributed by atoms with Gasteiger partial charge in [0.2, 0.25) is 0 Å². The summed E-state index contributed by atoms with van der Waals surface area (Å²) in [5, 5.41) is 0. The first kappa shape index (κ1) is 46.3. The Morgan fingerprint density at radius 3 is 0.674 bits per heavy atom. The Hall–Kier alpha value is 0.290. The zero-order valence-electron chi connectivity index (χ0n) is 29.2. The van der Waals surface area contributed by atoms with E-state index in [-0.39, 0.29) is 0 Å². The Labute approximate surface area is 294 Å². The minimum Gasteiger partial charge on any atom is -0.379 e. The number of hydrogen-bond acceptors (Lipinski definition) is 11. The van der Waals surface area contributed by atoms with Crippen LogP contribution in [0.1, 0.15) is 71.1 Å². The Kier molecular flexibility index (Phi) is 45.6. The van der Waals surface area contributed by atoms with Crippen LogP contribution in [0.5, 0.6) is 0 Å². The van der Waals surface area contributed by atoms with Crippen LogP contribution in [0.25, 0.3) is 0 Å². The molecule has 0 aliphatic carbocycles. The molecule has 0 saturated carbocycles. The van der Waals surface area contributed by atoms with Crippen molar-refractivity contribution in [2.45, 2.75) is 71.1 Å². The van der Waals surface area contributed by atoms with Crippen LogP contribution in [0, 0.1) is 0 Å². The lowest BCUT2D eigenvalue weighted by molar-refractivity contribution is -0.0273. The first-order valence-corrected chi connectivity index (χ1v) is 19.4. The molecule has 12 heteroatoms. The number of alkyl halides is 1. The molecule has 0 bridgehead atoms. The molecule has 0 aliphatic heterocycles. The van der Waals surface area contributed by atoms with Gasteiger partial charge in [-0.05, 0) is 6.42 Å². The molecule has 278 valence electrons. The highest BCUT2D eigenvalue weighted by Gasteiger charge is 1.97. The lowest BCUT2D eigenvalue weighted by atomic mass is 10.1. The van der Waals surface area contributed by atoms with Crippen LogP contribution < -0.4 is 0 Å². The number of ether oxygens (including phenoxy) is 11. The zero-order chi connectivity index (χ0) is 33.1. The lowest BCUT2D eigenvalue weighted by Gasteiger charge is -2.09. The fourth-order valence-electron chi connectivity index (χ4n) is 4.05. The van der Waals surface area contributed by atoms with Crippen LogP contribution >= 0.6 is 22.6 Å². The van der Waals surface area contributed by atoms with Gasteiger partial charge in [-0.2, -0.15) is 0 Å². The summed E-state index contributed by atoms with van der Waals surface area (Å²) in [6.45, 7) is 15.1. The number of halogens is 1. The largest absolute Gasteiger partial charge is 0.379 e. The predicted molar refractivity (Wildman–Crippen MR) is 190 cm³/mol. The molecule has 0 fully saturated rings. The molecular formula is C34H69IO11. The van der Waals surface area contributed by atoms with Crippen molar-refractivity contribution in [3.05, 3.63) is 0 Å². The van der Waals surface area contributed by atoms with Crippen LogP contribution in [0.4, 0.5) is 0 Å². The fourth-order valence-corrected chi connectivity index (χ4v) is 4.36. The average molecular weight is 781 g/mol. The lowest BCUT2D eigenvalue weighted by Crippen LogP contribution is -2.15. The molecular weight excluding hydrogens is 711 g/mol. The third-order valence-electron chi connectivity index (χ3n) is 6.58. The van der Waals surface area contributed by atoms with Gasteiger partial charge in [0.15, 0.2) is 0 Å². The molecule has 0 N–H and O–H groups in total. The van der Waals surface area contributed by atoms with E-state index in [2.05, 4.69) is 29.5 Å². The van der Waals surface area contributed by atoms with Crippen LogP contribution in [-0.4, -0.2) is 150 Å². The van der Waals surface area contributed by atoms with Crippen molar-refractivity contribution in [3.63, 3.8) is 0 Å². The number of unbranched alkanes of at least 4 members (excludes halogenated alkanes) is 9. The van der Waals surface area contributed by atoms with E-state index in [0.717, 1.165) is 24.1 Å². The second-order valence-electron chi connectivity index (χ2n) is 10.6. The summed E-state index contributed by atoms with van der Waals surface area (Å²) in [7, 11) is 0. The minimum absolute atomic E-state index is 0.527. The van der Waals surface area contributed by atoms with E-state index in [1.165, 1.54) is 57.8 Å². The fraction of sp³-hybridized carbons (Fsp3) is 1.00. The van der Waals surface area contributed by atoms with Crippen LogP contribution in [0.3, 0.4) is 0 Å². The van der Waals surface area contributed by atoms with Gasteiger partial charge in [-0.25, -0.2) is 0 Å². The molecule has 0 radical (unpaired) electrons. The van der Waals surface area contributed by atoms with Crippen molar-refractivity contribution in [1.82, 2.24) is 0 Å². The molecule has 0 aromatic rings. The van der Waals surface area contributed by atoms with Crippen molar-refractivity contribution in [1.29, 1.82) is 0 Å². The van der Waals surface area contributed by atoms with Gasteiger partial charge >= 0.3 is 0 Å². The highest BCUT2D eigenvalue weighted by Crippen LogP contribution is 2.10. The van der Waals surface area contributed by atoms with Crippen molar-refractivity contribution in [2.24, 2.45) is 0 Å². The second-order valence-corrected chi connectivity index (χ2v) is 11.7. The van der Waals surface area contributed by atoms with E-state index >= 15 is 0 Å². The van der Waals surface area contributed by atoms with E-state index in [1.807, 2.05) is 0 Å². The maximum Gasteiger partial charge on any atom is 0.0701 e. The van der Waals surface area contributed by atoms with Gasteiger partial charge in [-0.1, -0.05) is 87.3 Å². The molecule has 0 amide bonds. The van der Waals surface area contributed by atoms with Crippen molar-refractivity contribution in [2.75, 3.05) is 150 Å². The van der Waals surface area contributed by atoms with E-state index in [9.17, 15) is 0 Å². The summed E-state index contributed by atoms with van der Waals surface area (Å²) < 4.78 is 61.3. The van der Waals surface area contributed by atoms with Crippen molar-refractivity contribution in [3.8, 4) is 0 Å². The van der Waals surface area contributed by atoms with Crippen molar-refractivity contribution >= 4 is 22.6 Å². The van der Waals surface area contributed by atoms with Gasteiger partial charge in [0.1, 0.15) is 0 Å². The third kappa shape index (κ3) is 44.3. The Bertz CT molecular complexity index is 479. The number of hydrogen-bond donors (Lipinski definition) is 0. The first-order chi connectivity index (χ1) is 22.9. The van der Waals surface area contributed by atoms with Crippen LogP contribution in [0.2, 0.25) is 0 Å². The highest BCUT2D eigenvalue weighted by molar-refractivity contribution is 14.1. The zero-order valence-corrected chi connectivity index (χ0v) is 31.4. The Morgan fingerprint density at radius 2 is 0.435 bits per heavy atom. The second kappa shape index (κ2) is 45.3. The molecule has 0 spiro atoms. The normalized spacial score (nSPS) is 11.6. The SMILES string of the molecule is CCCCCCCCCCCCOCCOCCOCCOCCOCCOCCOCCOCCOCCOCCOCCI. The molecule has 0 atom stereocenters. The van der Waals surface area contributed by atoms with Crippen LogP contribution in [0.15, 0.2) is 0 Å². The van der Waals surface area contributed by atoms with E-state index in [4.69, 9.17) is 52.1 Å². The molecule has 11 nitrogen and oxygen atoms in total. The maximum atomic E-state index is 5.65. The van der Waals surface area contributed by atoms with Crippen molar-refractivity contribution < 1.29 is 52.1 Å². The summed E-state index contributed by atoms with van der Waals surface area (Å²) in [6.07, 6.45) is 13.4. The number of rotatable bonds is 43. The smallest absolute Gasteiger partial charge is 0.0701 e. The van der Waals surface area contributed by atoms with Crippen LogP contribution in [-0.2, 0) is 52.1 Å². The monoisotopic (exact) mass is 780 g/mol. The summed E-state index contributed by atoms with van der Waals surface area (Å²) in [6, 6.07) is 0. The van der Waals surface area contributed by atoms with Gasteiger partial charge < -0.3 is 52.1 Å². The summed E-state index contributed by atoms with van der Waals surface area (Å²) in [5.74, 6) is 0. The molecule has 0 aromatic heterocycles. The van der Waals surface area contributed by atoms with E-state index in [0.29, 0.717) is 132 Å². The summed E-state index contributed by atoms with van der Waals surface area (Å²) in [4.78, 5) is 0. The minimum atomic E-state index is 0.527. The molecule has 0 rings (SSSR count). The van der Waals surface area contributed by atoms with Gasteiger partial charge in [0.25, 0.3) is 0 Å². The molecule has 0 aromatic carbocycles. The maximum absolute atomic E-state index is 5.65. The molecule has 0 heterocycles. The topological polar surface area (TPSA) is 102 Å². The third-order valence-corrected chi connectivity index (χ3v) is 7.02. The van der Waals surface area contributed by atoms with Gasteiger partial charge in [0, 0.05) is 11.0 Å². The standard InChI is InChI=1S/C34H69IO11/c1-2-3-4-5-6-7-8-9-10-11-13-36-15-17-38-19-21-40-23-25-42-27-29-44-31-33-46-34-32-45-30-28-43-26-24-41-22-20-39-18-16-37-14-12-35/h2-34H2,1H3. The predicted octanol–water partition coefficient (Wildman–Crippen LogP) is 5.52. The van der Waals surface area contributed by atoms with E-state index in [1.54, 1.807) is 0 Å². The molecule has 46 heavy (non-hydrogen) atoms. The van der Waals surface area contributed by atoms with Gasteiger partial charge in [-0.15, -0.1) is 0 Å². The molecule has 0 saturated heterocycles. The molecule has 0 aliphatic rings. The Morgan fingerprint density at radius 1 is 0.239 bits per heavy atom. The first-order valence-electron chi connectivity index (χ1n) is 17.8. The summed E-state index contributed by atoms with van der Waals surface area (Å²) in [5.41, 5.74) is 0. The summed E-state index contributed by atoms with van der Waals surface area (Å²) >= 11 is 2.28. The average Bonchev–Trinajstić information content (AvgIpc) is 3.07. The van der Waals surface area contributed by atoms with E-state index < -0.39 is 0 Å². The molecule has 0 unspecified atom stereocenters. The Balaban J connectivity index is 3.03. The quantitative estimate of drug-likeness (QED) is 0.0444. The van der Waals surface area contributed by atoms with Gasteiger partial charge in [0.05, 0.1) is 139 Å².